The molecule has 3 aliphatic rings. The van der Waals surface area contributed by atoms with Gasteiger partial charge in [0.1, 0.15) is 20.5 Å². The molecular formula is C37H49N5O2Si. The van der Waals surface area contributed by atoms with Gasteiger partial charge in [0, 0.05) is 60.2 Å². The van der Waals surface area contributed by atoms with Crippen molar-refractivity contribution in [2.24, 2.45) is 4.99 Å². The monoisotopic (exact) mass is 626 g/mol. The maximum absolute atomic E-state index is 11.0. The van der Waals surface area contributed by atoms with Crippen LogP contribution < -0.4 is 10.3 Å². The van der Waals surface area contributed by atoms with Crippen LogP contribution in [0.5, 0.6) is 5.75 Å². The van der Waals surface area contributed by atoms with Crippen LogP contribution in [0.2, 0.25) is 16.6 Å². The summed E-state index contributed by atoms with van der Waals surface area (Å²) in [6, 6.07) is 12.1. The van der Waals surface area contributed by atoms with E-state index >= 15 is 0 Å². The minimum absolute atomic E-state index is 0.120. The molecule has 2 N–H and O–H groups in total. The maximum Gasteiger partial charge on any atom is 0.146 e. The molecule has 6 rings (SSSR count). The van der Waals surface area contributed by atoms with Crippen LogP contribution in [0.3, 0.4) is 0 Å². The number of phenols is 1. The fraction of sp³-hybridized carbons (Fsp3) is 0.514. The second kappa shape index (κ2) is 12.2. The van der Waals surface area contributed by atoms with Crippen LogP contribution in [0.4, 0.5) is 5.69 Å². The highest BCUT2D eigenvalue weighted by Gasteiger charge is 2.46. The highest BCUT2D eigenvalue weighted by molar-refractivity contribution is 6.90. The van der Waals surface area contributed by atoms with E-state index in [1.165, 1.54) is 0 Å². The molecule has 8 heteroatoms. The standard InChI is InChI=1S/C37H49N5O2Si/c1-24(2)45(25(3)4,26(5)6)15-13-28-10-9-11-29-16-31(43)17-32(36(28)29)34-18-35-33(27(7)39-34)19-38-23-42(35)41-20-30-12-14-37(21-41,40-30)22-44-8/h9-11,16-19,24-26,30,40,43H,12,14,20-23H2,1-8H3/i8D3. The van der Waals surface area contributed by atoms with Gasteiger partial charge in [-0.2, -0.15) is 0 Å². The molecule has 0 saturated carbocycles. The Balaban J connectivity index is 1.45. The predicted octanol–water partition coefficient (Wildman–Crippen LogP) is 7.05. The molecule has 2 bridgehead atoms. The number of piperazine rings is 1. The second-order valence-electron chi connectivity index (χ2n) is 14.2. The summed E-state index contributed by atoms with van der Waals surface area (Å²) in [7, 11) is -4.43. The quantitative estimate of drug-likeness (QED) is 0.216. The van der Waals surface area contributed by atoms with Crippen molar-refractivity contribution in [1.29, 1.82) is 0 Å². The molecule has 238 valence electrons. The van der Waals surface area contributed by atoms with Crippen LogP contribution in [-0.4, -0.2) is 74.4 Å². The van der Waals surface area contributed by atoms with Crippen LogP contribution in [0.15, 0.2) is 41.4 Å². The van der Waals surface area contributed by atoms with E-state index in [1.54, 1.807) is 0 Å². The number of anilines is 1. The summed E-state index contributed by atoms with van der Waals surface area (Å²) in [5.74, 6) is 3.87. The zero-order valence-electron chi connectivity index (χ0n) is 30.7. The molecule has 0 aliphatic carbocycles. The lowest BCUT2D eigenvalue weighted by atomic mass is 9.95. The Bertz CT molecular complexity index is 1780. The van der Waals surface area contributed by atoms with E-state index < -0.39 is 20.7 Å². The first kappa shape index (κ1) is 28.0. The lowest BCUT2D eigenvalue weighted by Crippen LogP contribution is -2.65. The molecule has 4 heterocycles. The van der Waals surface area contributed by atoms with Gasteiger partial charge in [-0.15, -0.1) is 5.54 Å². The summed E-state index contributed by atoms with van der Waals surface area (Å²) in [6.45, 7) is 17.9. The Morgan fingerprint density at radius 2 is 1.93 bits per heavy atom. The minimum Gasteiger partial charge on any atom is -0.508 e. The lowest BCUT2D eigenvalue weighted by molar-refractivity contribution is 0.0560. The Labute approximate surface area is 274 Å². The van der Waals surface area contributed by atoms with E-state index in [1.807, 2.05) is 37.4 Å². The smallest absolute Gasteiger partial charge is 0.146 e. The summed E-state index contributed by atoms with van der Waals surface area (Å²) in [5, 5.41) is 21.0. The average molecular weight is 627 g/mol. The predicted molar refractivity (Wildman–Crippen MR) is 189 cm³/mol. The summed E-state index contributed by atoms with van der Waals surface area (Å²) in [6.07, 6.45) is 3.70. The van der Waals surface area contributed by atoms with Crippen LogP contribution in [-0.2, 0) is 4.74 Å². The molecule has 2 aromatic carbocycles. The summed E-state index contributed by atoms with van der Waals surface area (Å²) in [4.78, 5) is 9.80. The number of aliphatic imine (C=N–C) groups is 1. The van der Waals surface area contributed by atoms with Crippen molar-refractivity contribution in [2.45, 2.75) is 89.5 Å². The first-order valence-electron chi connectivity index (χ1n) is 17.9. The summed E-state index contributed by atoms with van der Waals surface area (Å²) in [5.41, 5.74) is 10.4. The number of hydrogen-bond acceptors (Lipinski definition) is 7. The average Bonchev–Trinajstić information content (AvgIpc) is 3.32. The van der Waals surface area contributed by atoms with E-state index in [2.05, 4.69) is 80.5 Å². The third kappa shape index (κ3) is 5.59. The number of benzene rings is 2. The van der Waals surface area contributed by atoms with Crippen molar-refractivity contribution in [1.82, 2.24) is 15.3 Å². The number of ether oxygens (including phenoxy) is 1. The van der Waals surface area contributed by atoms with Crippen LogP contribution >= 0.6 is 0 Å². The van der Waals surface area contributed by atoms with Gasteiger partial charge in [0.15, 0.2) is 0 Å². The van der Waals surface area contributed by atoms with E-state index in [-0.39, 0.29) is 18.4 Å². The zero-order chi connectivity index (χ0) is 34.6. The van der Waals surface area contributed by atoms with Gasteiger partial charge < -0.3 is 15.2 Å². The Hall–Kier alpha value is -3.22. The van der Waals surface area contributed by atoms with E-state index in [0.29, 0.717) is 29.8 Å². The van der Waals surface area contributed by atoms with Crippen molar-refractivity contribution >= 4 is 30.7 Å². The van der Waals surface area contributed by atoms with Gasteiger partial charge in [0.2, 0.25) is 0 Å². The first-order valence-corrected chi connectivity index (χ1v) is 18.6. The van der Waals surface area contributed by atoms with Gasteiger partial charge in [-0.3, -0.25) is 15.0 Å². The van der Waals surface area contributed by atoms with Gasteiger partial charge in [-0.1, -0.05) is 59.6 Å². The van der Waals surface area contributed by atoms with E-state index in [0.717, 1.165) is 63.9 Å². The number of phenolic OH excluding ortho intramolecular Hbond substituents is 1. The molecule has 3 aromatic rings. The fourth-order valence-electron chi connectivity index (χ4n) is 8.47. The number of nitrogens with zero attached hydrogens (tertiary/aromatic N) is 4. The van der Waals surface area contributed by atoms with Gasteiger partial charge >= 0.3 is 0 Å². The van der Waals surface area contributed by atoms with Crippen molar-refractivity contribution in [3.8, 4) is 28.5 Å². The maximum atomic E-state index is 11.0. The van der Waals surface area contributed by atoms with Crippen molar-refractivity contribution < 1.29 is 14.0 Å². The Kier molecular flexibility index (Phi) is 7.59. The van der Waals surface area contributed by atoms with Gasteiger partial charge in [0.05, 0.1) is 27.6 Å². The molecule has 2 fully saturated rings. The van der Waals surface area contributed by atoms with Gasteiger partial charge in [0.25, 0.3) is 0 Å². The molecule has 7 nitrogen and oxygen atoms in total. The van der Waals surface area contributed by atoms with Crippen molar-refractivity contribution in [3.05, 3.63) is 53.2 Å². The molecule has 2 saturated heterocycles. The van der Waals surface area contributed by atoms with Crippen LogP contribution in [0.1, 0.15) is 75.3 Å². The number of hydrogen-bond donors (Lipinski definition) is 2. The molecule has 0 spiro atoms. The van der Waals surface area contributed by atoms with Crippen molar-refractivity contribution in [3.63, 3.8) is 0 Å². The largest absolute Gasteiger partial charge is 0.508 e. The fourth-order valence-corrected chi connectivity index (χ4v) is 13.7. The van der Waals surface area contributed by atoms with Crippen LogP contribution in [0.25, 0.3) is 22.0 Å². The molecule has 0 radical (unpaired) electrons. The number of rotatable bonds is 7. The third-order valence-electron chi connectivity index (χ3n) is 10.5. The Morgan fingerprint density at radius 3 is 2.67 bits per heavy atom. The minimum atomic E-state index is -2.44. The number of pyridine rings is 1. The molecule has 1 aromatic heterocycles. The number of aromatic hydroxyl groups is 1. The highest BCUT2D eigenvalue weighted by Crippen LogP contribution is 2.42. The number of fused-ring (bicyclic) bond motifs is 4. The zero-order valence-corrected chi connectivity index (χ0v) is 28.7. The molecule has 2 unspecified atom stereocenters. The number of hydrazine groups is 1. The number of methoxy groups -OCH3 is 1. The summed E-state index contributed by atoms with van der Waals surface area (Å²) >= 11 is 0. The van der Waals surface area contributed by atoms with Gasteiger partial charge in [-0.25, -0.2) is 5.01 Å². The highest BCUT2D eigenvalue weighted by atomic mass is 28.3. The molecular weight excluding hydrogens is 575 g/mol. The Morgan fingerprint density at radius 1 is 1.16 bits per heavy atom. The third-order valence-corrected chi connectivity index (χ3v) is 16.8. The SMILES string of the molecule is [2H]C([2H])([2H])OCC12CCC(CN(N3CN=Cc4c3cc(-c3cc(O)cc5cccc(C#C[Si](C(C)C)(C(C)C)C(C)C)c35)nc4C)C1)N2. The molecule has 0 amide bonds. The topological polar surface area (TPSA) is 73.2 Å². The van der Waals surface area contributed by atoms with Gasteiger partial charge in [-0.05, 0) is 66.0 Å². The molecule has 45 heavy (non-hydrogen) atoms. The van der Waals surface area contributed by atoms with E-state index in [4.69, 9.17) is 18.8 Å². The normalized spacial score (nSPS) is 22.8. The second-order valence-corrected chi connectivity index (χ2v) is 19.8. The summed E-state index contributed by atoms with van der Waals surface area (Å²) < 4.78 is 28.2. The lowest BCUT2D eigenvalue weighted by Gasteiger charge is -2.47. The number of aryl methyl sites for hydroxylation is 1. The first-order chi connectivity index (χ1) is 22.6. The number of aromatic nitrogens is 1. The van der Waals surface area contributed by atoms with E-state index in [9.17, 15) is 5.11 Å². The molecule has 3 aliphatic heterocycles. The molecule has 2 atom stereocenters. The number of nitrogens with one attached hydrogen (secondary N) is 1. The van der Waals surface area contributed by atoms with Crippen molar-refractivity contribution in [2.75, 3.05) is 38.4 Å². The van der Waals surface area contributed by atoms with Crippen LogP contribution in [0, 0.1) is 18.4 Å².